The van der Waals surface area contributed by atoms with E-state index < -0.39 is 0 Å². The third kappa shape index (κ3) is 1.35. The van der Waals surface area contributed by atoms with Gasteiger partial charge in [0.25, 0.3) is 0 Å². The molecule has 1 aliphatic rings. The Morgan fingerprint density at radius 2 is 2.23 bits per heavy atom. The monoisotopic (exact) mass is 178 g/mol. The minimum atomic E-state index is 0.0750. The van der Waals surface area contributed by atoms with Gasteiger partial charge >= 0.3 is 0 Å². The van der Waals surface area contributed by atoms with Gasteiger partial charge in [0.05, 0.1) is 12.3 Å². The highest BCUT2D eigenvalue weighted by Crippen LogP contribution is 2.36. The van der Waals surface area contributed by atoms with E-state index in [4.69, 9.17) is 16.2 Å². The van der Waals surface area contributed by atoms with Gasteiger partial charge in [0, 0.05) is 18.0 Å². The zero-order chi connectivity index (χ0) is 9.42. The van der Waals surface area contributed by atoms with Gasteiger partial charge in [0.1, 0.15) is 5.75 Å². The summed E-state index contributed by atoms with van der Waals surface area (Å²) < 4.78 is 5.47. The van der Waals surface area contributed by atoms with Crippen LogP contribution in [0.15, 0.2) is 12.1 Å². The lowest BCUT2D eigenvalue weighted by atomic mass is 9.98. The summed E-state index contributed by atoms with van der Waals surface area (Å²) in [7, 11) is 0. The quantitative estimate of drug-likeness (QED) is 0.590. The van der Waals surface area contributed by atoms with Crippen molar-refractivity contribution in [3.8, 4) is 5.75 Å². The minimum absolute atomic E-state index is 0.0750. The predicted molar refractivity (Wildman–Crippen MR) is 52.6 cm³/mol. The average Bonchev–Trinajstić information content (AvgIpc) is 2.07. The molecule has 0 aromatic heterocycles. The topological polar surface area (TPSA) is 61.3 Å². The summed E-state index contributed by atoms with van der Waals surface area (Å²) >= 11 is 0. The van der Waals surface area contributed by atoms with Crippen molar-refractivity contribution in [2.75, 3.05) is 12.3 Å². The lowest BCUT2D eigenvalue weighted by molar-refractivity contribution is 0.270. The third-order valence-electron chi connectivity index (χ3n) is 2.37. The number of hydrogen-bond donors (Lipinski definition) is 2. The van der Waals surface area contributed by atoms with Crippen LogP contribution in [0.2, 0.25) is 0 Å². The molecule has 13 heavy (non-hydrogen) atoms. The van der Waals surface area contributed by atoms with Gasteiger partial charge in [-0.15, -0.1) is 0 Å². The molecule has 0 spiro atoms. The molecule has 1 aromatic carbocycles. The van der Waals surface area contributed by atoms with Gasteiger partial charge in [-0.1, -0.05) is 6.07 Å². The van der Waals surface area contributed by atoms with E-state index in [1.54, 1.807) is 0 Å². The molecule has 0 fully saturated rings. The first-order valence-electron chi connectivity index (χ1n) is 4.47. The second kappa shape index (κ2) is 2.92. The Morgan fingerprint density at radius 3 is 3.00 bits per heavy atom. The number of ether oxygens (including phenoxy) is 1. The van der Waals surface area contributed by atoms with Crippen molar-refractivity contribution >= 4 is 5.69 Å². The van der Waals surface area contributed by atoms with Crippen LogP contribution in [0.4, 0.5) is 5.69 Å². The summed E-state index contributed by atoms with van der Waals surface area (Å²) in [5.74, 6) is 0.782. The van der Waals surface area contributed by atoms with Crippen LogP contribution in [0.3, 0.4) is 0 Å². The maximum Gasteiger partial charge on any atom is 0.146 e. The van der Waals surface area contributed by atoms with Crippen LogP contribution in [-0.4, -0.2) is 6.61 Å². The van der Waals surface area contributed by atoms with Crippen LogP contribution < -0.4 is 16.2 Å². The molecule has 1 atom stereocenters. The fourth-order valence-corrected chi connectivity index (χ4v) is 1.72. The fraction of sp³-hybridized carbons (Fsp3) is 0.400. The van der Waals surface area contributed by atoms with E-state index in [0.29, 0.717) is 12.3 Å². The maximum absolute atomic E-state index is 5.95. The van der Waals surface area contributed by atoms with E-state index in [0.717, 1.165) is 23.3 Å². The first kappa shape index (κ1) is 8.38. The van der Waals surface area contributed by atoms with Crippen LogP contribution in [0.1, 0.15) is 23.6 Å². The van der Waals surface area contributed by atoms with Crippen molar-refractivity contribution in [2.45, 2.75) is 19.4 Å². The summed E-state index contributed by atoms with van der Waals surface area (Å²) in [5.41, 5.74) is 14.7. The van der Waals surface area contributed by atoms with Crippen LogP contribution in [0, 0.1) is 6.92 Å². The lowest BCUT2D eigenvalue weighted by Crippen LogP contribution is -2.21. The Labute approximate surface area is 77.7 Å². The second-order valence-corrected chi connectivity index (χ2v) is 3.52. The van der Waals surface area contributed by atoms with Gasteiger partial charge in [-0.05, 0) is 18.6 Å². The highest BCUT2D eigenvalue weighted by atomic mass is 16.5. The second-order valence-electron chi connectivity index (χ2n) is 3.52. The predicted octanol–water partition coefficient (Wildman–Crippen LogP) is 1.36. The fourth-order valence-electron chi connectivity index (χ4n) is 1.72. The molecule has 3 nitrogen and oxygen atoms in total. The van der Waals surface area contributed by atoms with Crippen molar-refractivity contribution in [1.29, 1.82) is 0 Å². The number of rotatable bonds is 0. The van der Waals surface area contributed by atoms with Gasteiger partial charge in [0.15, 0.2) is 0 Å². The van der Waals surface area contributed by atoms with Gasteiger partial charge < -0.3 is 16.2 Å². The van der Waals surface area contributed by atoms with Crippen molar-refractivity contribution in [1.82, 2.24) is 0 Å². The third-order valence-corrected chi connectivity index (χ3v) is 2.37. The Morgan fingerprint density at radius 1 is 1.46 bits per heavy atom. The van der Waals surface area contributed by atoms with E-state index in [-0.39, 0.29) is 6.04 Å². The Bertz CT molecular complexity index is 336. The van der Waals surface area contributed by atoms with E-state index in [1.807, 2.05) is 13.0 Å². The van der Waals surface area contributed by atoms with Gasteiger partial charge in [0.2, 0.25) is 0 Å². The zero-order valence-electron chi connectivity index (χ0n) is 7.71. The molecule has 70 valence electrons. The van der Waals surface area contributed by atoms with Gasteiger partial charge in [-0.3, -0.25) is 0 Å². The van der Waals surface area contributed by atoms with Gasteiger partial charge in [-0.25, -0.2) is 0 Å². The number of fused-ring (bicyclic) bond motifs is 1. The van der Waals surface area contributed by atoms with Crippen molar-refractivity contribution in [3.05, 3.63) is 23.3 Å². The molecule has 0 radical (unpaired) electrons. The molecule has 0 saturated carbocycles. The molecule has 4 N–H and O–H groups in total. The molecular weight excluding hydrogens is 164 g/mol. The minimum Gasteiger partial charge on any atom is -0.491 e. The number of aryl methyl sites for hydroxylation is 1. The molecule has 0 aliphatic carbocycles. The SMILES string of the molecule is Cc1cc(N)c2c(c1)[C@@H](N)CCO2. The van der Waals surface area contributed by atoms with Crippen LogP contribution in [-0.2, 0) is 0 Å². The summed E-state index contributed by atoms with van der Waals surface area (Å²) in [6.45, 7) is 2.68. The number of benzene rings is 1. The molecule has 1 aromatic rings. The molecule has 2 rings (SSSR count). The Balaban J connectivity index is 2.56. The maximum atomic E-state index is 5.95. The molecule has 1 aliphatic heterocycles. The van der Waals surface area contributed by atoms with E-state index in [1.165, 1.54) is 0 Å². The number of nitrogen functional groups attached to an aromatic ring is 1. The van der Waals surface area contributed by atoms with E-state index in [2.05, 4.69) is 6.07 Å². The molecule has 0 amide bonds. The zero-order valence-corrected chi connectivity index (χ0v) is 7.71. The summed E-state index contributed by atoms with van der Waals surface area (Å²) in [6.07, 6.45) is 0.871. The van der Waals surface area contributed by atoms with Crippen LogP contribution in [0.25, 0.3) is 0 Å². The van der Waals surface area contributed by atoms with Crippen molar-refractivity contribution in [3.63, 3.8) is 0 Å². The van der Waals surface area contributed by atoms with Crippen molar-refractivity contribution in [2.24, 2.45) is 5.73 Å². The molecule has 0 unspecified atom stereocenters. The summed E-state index contributed by atoms with van der Waals surface area (Å²) in [4.78, 5) is 0. The molecule has 0 bridgehead atoms. The molecule has 3 heteroatoms. The summed E-state index contributed by atoms with van der Waals surface area (Å²) in [6, 6.07) is 4.04. The normalized spacial score (nSPS) is 20.6. The first-order valence-corrected chi connectivity index (χ1v) is 4.47. The number of nitrogens with two attached hydrogens (primary N) is 2. The Kier molecular flexibility index (Phi) is 1.88. The average molecular weight is 178 g/mol. The van der Waals surface area contributed by atoms with Gasteiger partial charge in [-0.2, -0.15) is 0 Å². The largest absolute Gasteiger partial charge is 0.491 e. The van der Waals surface area contributed by atoms with Crippen molar-refractivity contribution < 1.29 is 4.74 Å². The number of hydrogen-bond acceptors (Lipinski definition) is 3. The molecule has 0 saturated heterocycles. The Hall–Kier alpha value is -1.22. The highest BCUT2D eigenvalue weighted by molar-refractivity contribution is 5.60. The van der Waals surface area contributed by atoms with Crippen LogP contribution >= 0.6 is 0 Å². The number of anilines is 1. The molecule has 1 heterocycles. The highest BCUT2D eigenvalue weighted by Gasteiger charge is 2.20. The smallest absolute Gasteiger partial charge is 0.146 e. The summed E-state index contributed by atoms with van der Waals surface area (Å²) in [5, 5.41) is 0. The van der Waals surface area contributed by atoms with Crippen LogP contribution in [0.5, 0.6) is 5.75 Å². The standard InChI is InChI=1S/C10H14N2O/c1-6-4-7-8(11)2-3-13-10(7)9(12)5-6/h4-5,8H,2-3,11-12H2,1H3/t8-/m0/s1. The van der Waals surface area contributed by atoms with E-state index >= 15 is 0 Å². The lowest BCUT2D eigenvalue weighted by Gasteiger charge is -2.24. The van der Waals surface area contributed by atoms with E-state index in [9.17, 15) is 0 Å². The molecular formula is C10H14N2O. The first-order chi connectivity index (χ1) is 6.18.